The Balaban J connectivity index is -0.000000102. The van der Waals surface area contributed by atoms with Crippen molar-refractivity contribution in [1.29, 1.82) is 0 Å². The van der Waals surface area contributed by atoms with Gasteiger partial charge in [-0.1, -0.05) is 212 Å². The maximum atomic E-state index is 8.99. The molecule has 0 heterocycles. The van der Waals surface area contributed by atoms with Crippen molar-refractivity contribution in [3.05, 3.63) is 144 Å². The molecule has 0 aliphatic rings. The third-order valence-electron chi connectivity index (χ3n) is 7.29. The second-order valence-electron chi connectivity index (χ2n) is 13.0. The fourth-order valence-electron chi connectivity index (χ4n) is 4.93. The highest BCUT2D eigenvalue weighted by atomic mass is 16.5. The van der Waals surface area contributed by atoms with Crippen LogP contribution in [0.4, 0.5) is 0 Å². The highest BCUT2D eigenvalue weighted by Gasteiger charge is 2.03. The summed E-state index contributed by atoms with van der Waals surface area (Å²) in [6.07, 6.45) is 2.23. The van der Waals surface area contributed by atoms with Crippen LogP contribution in [0.25, 0.3) is 10.8 Å². The Labute approximate surface area is 333 Å². The minimum absolute atomic E-state index is 0. The summed E-state index contributed by atoms with van der Waals surface area (Å²) in [5.74, 6) is 3.94. The average Bonchev–Trinajstić information content (AvgIpc) is 3.03. The normalized spacial score (nSPS) is 8.92. The van der Waals surface area contributed by atoms with Crippen LogP contribution >= 0.6 is 0 Å². The van der Waals surface area contributed by atoms with Gasteiger partial charge in [-0.3, -0.25) is 0 Å². The Morgan fingerprint density at radius 2 is 0.868 bits per heavy atom. The molecule has 2 heteroatoms. The number of aromatic hydroxyl groups is 1. The lowest BCUT2D eigenvalue weighted by Crippen LogP contribution is -1.93. The summed E-state index contributed by atoms with van der Waals surface area (Å²) in [5, 5.41) is 11.7. The van der Waals surface area contributed by atoms with Crippen molar-refractivity contribution < 1.29 is 9.84 Å². The molecule has 53 heavy (non-hydrogen) atoms. The van der Waals surface area contributed by atoms with E-state index in [1.165, 1.54) is 33.0 Å². The lowest BCUT2D eigenvalue weighted by Gasteiger charge is -2.08. The summed E-state index contributed by atoms with van der Waals surface area (Å²) in [5.41, 5.74) is 5.53. The lowest BCUT2D eigenvalue weighted by atomic mass is 9.96. The summed E-state index contributed by atoms with van der Waals surface area (Å²) in [7, 11) is 1.69. The zero-order chi connectivity index (χ0) is 33.2. The van der Waals surface area contributed by atoms with E-state index in [1.807, 2.05) is 30.3 Å². The van der Waals surface area contributed by atoms with Crippen LogP contribution in [0.1, 0.15) is 149 Å². The molecule has 0 aliphatic carbocycles. The molecule has 1 N–H and O–H groups in total. The molecule has 0 unspecified atom stereocenters. The number of benzene rings is 5. The molecule has 0 saturated carbocycles. The van der Waals surface area contributed by atoms with Gasteiger partial charge < -0.3 is 9.84 Å². The van der Waals surface area contributed by atoms with Crippen LogP contribution in [0.5, 0.6) is 11.5 Å². The first kappa shape index (κ1) is 64.0. The smallest absolute Gasteiger partial charge is 0.118 e. The minimum Gasteiger partial charge on any atom is -0.508 e. The Bertz CT molecular complexity index is 1460. The standard InChI is InChI=1S/C13H14.C11H16O.C10H14O.C9H12.8CH4/c1-10(2)12-9-5-7-11-6-3-4-8-13(11)12;1-9(2)8-10-4-6-11(12-3)7-5-10;1-8(2)7-9-3-5-10(11)6-4-9;1-8(2)9-6-4-3-5-7-9;;;;;;;;/h3-10H,1-2H3;4-7,9H,8H2,1-3H3;3-6,8,11H,7H2,1-2H3;3-8H,1-2H3;8*1H4. The van der Waals surface area contributed by atoms with Crippen LogP contribution in [0.15, 0.2) is 121 Å². The summed E-state index contributed by atoms with van der Waals surface area (Å²) < 4.78 is 5.07. The Morgan fingerprint density at radius 3 is 1.26 bits per heavy atom. The van der Waals surface area contributed by atoms with E-state index in [0.717, 1.165) is 24.5 Å². The third kappa shape index (κ3) is 25.6. The molecule has 0 fully saturated rings. The number of hydrogen-bond acceptors (Lipinski definition) is 2. The van der Waals surface area contributed by atoms with Gasteiger partial charge in [-0.2, -0.15) is 0 Å². The van der Waals surface area contributed by atoms with Crippen molar-refractivity contribution in [3.8, 4) is 11.5 Å². The maximum Gasteiger partial charge on any atom is 0.118 e. The van der Waals surface area contributed by atoms with Gasteiger partial charge in [-0.15, -0.1) is 0 Å². The van der Waals surface area contributed by atoms with Gasteiger partial charge in [0.2, 0.25) is 0 Å². The molecule has 0 aromatic heterocycles. The van der Waals surface area contributed by atoms with Crippen molar-refractivity contribution in [1.82, 2.24) is 0 Å². The topological polar surface area (TPSA) is 29.5 Å². The lowest BCUT2D eigenvalue weighted by molar-refractivity contribution is 0.414. The Morgan fingerprint density at radius 1 is 0.453 bits per heavy atom. The second kappa shape index (κ2) is 35.0. The van der Waals surface area contributed by atoms with Crippen molar-refractivity contribution in [3.63, 3.8) is 0 Å². The van der Waals surface area contributed by atoms with Crippen LogP contribution in [0.2, 0.25) is 0 Å². The summed E-state index contributed by atoms with van der Waals surface area (Å²) in [6, 6.07) is 41.3. The summed E-state index contributed by atoms with van der Waals surface area (Å²) in [6.45, 7) is 17.7. The minimum atomic E-state index is 0. The average molecular weight is 733 g/mol. The molecule has 2 nitrogen and oxygen atoms in total. The van der Waals surface area contributed by atoms with Gasteiger partial charge in [-0.25, -0.2) is 0 Å². The number of fused-ring (bicyclic) bond motifs is 1. The van der Waals surface area contributed by atoms with E-state index in [2.05, 4.69) is 134 Å². The second-order valence-corrected chi connectivity index (χ2v) is 13.0. The third-order valence-corrected chi connectivity index (χ3v) is 7.29. The predicted molar refractivity (Wildman–Crippen MR) is 251 cm³/mol. The van der Waals surface area contributed by atoms with Gasteiger partial charge in [0.25, 0.3) is 0 Å². The van der Waals surface area contributed by atoms with E-state index in [9.17, 15) is 0 Å². The number of rotatable bonds is 7. The fourth-order valence-corrected chi connectivity index (χ4v) is 4.93. The van der Waals surface area contributed by atoms with Gasteiger partial charge >= 0.3 is 0 Å². The first-order chi connectivity index (χ1) is 21.5. The van der Waals surface area contributed by atoms with Crippen LogP contribution in [-0.2, 0) is 12.8 Å². The van der Waals surface area contributed by atoms with E-state index in [0.29, 0.717) is 23.5 Å². The van der Waals surface area contributed by atoms with Crippen LogP contribution < -0.4 is 4.74 Å². The molecule has 0 spiro atoms. The zero-order valence-corrected chi connectivity index (χ0v) is 29.1. The highest BCUT2D eigenvalue weighted by molar-refractivity contribution is 5.86. The van der Waals surface area contributed by atoms with Crippen molar-refractivity contribution >= 4 is 10.8 Å². The van der Waals surface area contributed by atoms with Crippen molar-refractivity contribution in [2.75, 3.05) is 7.11 Å². The number of methoxy groups -OCH3 is 1. The van der Waals surface area contributed by atoms with Crippen LogP contribution in [0.3, 0.4) is 0 Å². The van der Waals surface area contributed by atoms with Gasteiger partial charge in [0.1, 0.15) is 11.5 Å². The molecule has 0 saturated heterocycles. The Kier molecular flexibility index (Phi) is 42.3. The number of phenolic OH excluding ortho intramolecular Hbond substituents is 1. The number of phenols is 1. The van der Waals surface area contributed by atoms with E-state index in [4.69, 9.17) is 9.84 Å². The molecule has 0 amide bonds. The molecule has 0 aliphatic heterocycles. The largest absolute Gasteiger partial charge is 0.508 e. The maximum absolute atomic E-state index is 8.99. The van der Waals surface area contributed by atoms with E-state index in [1.54, 1.807) is 19.2 Å². The molecule has 5 aromatic carbocycles. The summed E-state index contributed by atoms with van der Waals surface area (Å²) in [4.78, 5) is 0. The monoisotopic (exact) mass is 733 g/mol. The SMILES string of the molecule is C.C.C.C.C.C.C.C.CC(C)Cc1ccc(O)cc1.CC(C)c1cccc2ccccc12.CC(C)c1ccccc1.COc1ccc(CC(C)C)cc1. The molecule has 0 bridgehead atoms. The first-order valence-corrected chi connectivity index (χ1v) is 16.4. The Hall–Kier alpha value is -4.04. The zero-order valence-electron chi connectivity index (χ0n) is 29.1. The van der Waals surface area contributed by atoms with Crippen LogP contribution in [-0.4, -0.2) is 12.2 Å². The number of ether oxygens (including phenoxy) is 1. The molecular weight excluding hydrogens is 645 g/mol. The van der Waals surface area contributed by atoms with Gasteiger partial charge in [0, 0.05) is 0 Å². The van der Waals surface area contributed by atoms with E-state index < -0.39 is 0 Å². The number of hydrogen-bond donors (Lipinski definition) is 1. The van der Waals surface area contributed by atoms with Gasteiger partial charge in [-0.05, 0) is 93.8 Å². The molecule has 304 valence electrons. The highest BCUT2D eigenvalue weighted by Crippen LogP contribution is 2.24. The van der Waals surface area contributed by atoms with E-state index >= 15 is 0 Å². The van der Waals surface area contributed by atoms with Crippen molar-refractivity contribution in [2.45, 2.75) is 139 Å². The quantitative estimate of drug-likeness (QED) is 0.181. The molecule has 0 radical (unpaired) electrons. The molecular formula is C51H88O2. The predicted octanol–water partition coefficient (Wildman–Crippen LogP) is 17.3. The van der Waals surface area contributed by atoms with Crippen molar-refractivity contribution in [2.24, 2.45) is 11.8 Å². The van der Waals surface area contributed by atoms with Gasteiger partial charge in [0.15, 0.2) is 0 Å². The van der Waals surface area contributed by atoms with Gasteiger partial charge in [0.05, 0.1) is 7.11 Å². The van der Waals surface area contributed by atoms with Crippen LogP contribution in [0, 0.1) is 11.8 Å². The first-order valence-electron chi connectivity index (χ1n) is 16.4. The fraction of sp³-hybridized carbons (Fsp3) is 0.451. The molecule has 5 rings (SSSR count). The molecule has 5 aromatic rings. The molecule has 0 atom stereocenters. The van der Waals surface area contributed by atoms with E-state index in [-0.39, 0.29) is 59.4 Å². The summed E-state index contributed by atoms with van der Waals surface area (Å²) >= 11 is 0.